The summed E-state index contributed by atoms with van der Waals surface area (Å²) in [5, 5.41) is 3.07. The molecular weight excluding hydrogens is 394 g/mol. The van der Waals surface area contributed by atoms with Gasteiger partial charge in [0.2, 0.25) is 5.91 Å². The monoisotopic (exact) mass is 433 g/mol. The Morgan fingerprint density at radius 3 is 2.44 bits per heavy atom. The summed E-state index contributed by atoms with van der Waals surface area (Å²) < 4.78 is 2.44. The Labute approximate surface area is 193 Å². The van der Waals surface area contributed by atoms with E-state index >= 15 is 0 Å². The average molecular weight is 434 g/mol. The fourth-order valence-electron chi connectivity index (χ4n) is 4.24. The highest BCUT2D eigenvalue weighted by Crippen LogP contribution is 2.19. The number of rotatable bonds is 15. The Balaban J connectivity index is 1.37. The van der Waals surface area contributed by atoms with Gasteiger partial charge in [-0.25, -0.2) is 4.98 Å². The molecule has 0 spiro atoms. The van der Waals surface area contributed by atoms with Gasteiger partial charge in [0.15, 0.2) is 0 Å². The minimum atomic E-state index is 0.152. The van der Waals surface area contributed by atoms with Crippen LogP contribution in [0.3, 0.4) is 0 Å². The second kappa shape index (κ2) is 13.7. The molecular formula is C28H39N3O. The molecule has 0 unspecified atom stereocenters. The van der Waals surface area contributed by atoms with Crippen molar-refractivity contribution in [1.29, 1.82) is 0 Å². The molecule has 1 amide bonds. The van der Waals surface area contributed by atoms with Crippen LogP contribution in [0.25, 0.3) is 11.0 Å². The lowest BCUT2D eigenvalue weighted by Gasteiger charge is -2.10. The smallest absolute Gasteiger partial charge is 0.220 e. The van der Waals surface area contributed by atoms with E-state index in [-0.39, 0.29) is 5.91 Å². The van der Waals surface area contributed by atoms with E-state index < -0.39 is 0 Å². The Hall–Kier alpha value is -2.62. The third-order valence-electron chi connectivity index (χ3n) is 6.10. The van der Waals surface area contributed by atoms with Crippen molar-refractivity contribution in [2.45, 2.75) is 84.1 Å². The fraction of sp³-hybridized carbons (Fsp3) is 0.500. The van der Waals surface area contributed by atoms with E-state index in [1.54, 1.807) is 0 Å². The number of amides is 1. The fourth-order valence-corrected chi connectivity index (χ4v) is 4.24. The minimum absolute atomic E-state index is 0.152. The molecule has 0 radical (unpaired) electrons. The second-order valence-electron chi connectivity index (χ2n) is 8.73. The number of benzene rings is 2. The molecule has 2 aromatic carbocycles. The third-order valence-corrected chi connectivity index (χ3v) is 6.10. The van der Waals surface area contributed by atoms with Crippen molar-refractivity contribution in [1.82, 2.24) is 14.9 Å². The quantitative estimate of drug-likeness (QED) is 0.279. The molecule has 4 heteroatoms. The van der Waals surface area contributed by atoms with E-state index in [0.29, 0.717) is 6.42 Å². The number of carbonyl (C=O) groups is 1. The summed E-state index contributed by atoms with van der Waals surface area (Å²) >= 11 is 0. The zero-order chi connectivity index (χ0) is 22.4. The third kappa shape index (κ3) is 7.81. The Morgan fingerprint density at radius 1 is 0.844 bits per heavy atom. The Bertz CT molecular complexity index is 932. The number of imidazole rings is 1. The average Bonchev–Trinajstić information content (AvgIpc) is 3.18. The number of aromatic nitrogens is 2. The first-order valence-corrected chi connectivity index (χ1v) is 12.5. The molecule has 3 rings (SSSR count). The number of hydrogen-bond acceptors (Lipinski definition) is 2. The van der Waals surface area contributed by atoms with Crippen LogP contribution in [0.4, 0.5) is 0 Å². The van der Waals surface area contributed by atoms with Crippen molar-refractivity contribution in [3.05, 3.63) is 66.0 Å². The van der Waals surface area contributed by atoms with E-state index in [9.17, 15) is 4.79 Å². The first kappa shape index (κ1) is 24.0. The van der Waals surface area contributed by atoms with Crippen LogP contribution in [-0.2, 0) is 24.2 Å². The molecule has 0 bridgehead atoms. The first-order valence-electron chi connectivity index (χ1n) is 12.5. The van der Waals surface area contributed by atoms with E-state index in [4.69, 9.17) is 4.98 Å². The number of aryl methyl sites for hydroxylation is 3. The molecule has 32 heavy (non-hydrogen) atoms. The molecule has 0 atom stereocenters. The summed E-state index contributed by atoms with van der Waals surface area (Å²) in [6, 6.07) is 18.7. The lowest BCUT2D eigenvalue weighted by Crippen LogP contribution is -2.24. The van der Waals surface area contributed by atoms with Crippen LogP contribution >= 0.6 is 0 Å². The zero-order valence-electron chi connectivity index (χ0n) is 19.7. The molecule has 0 aliphatic carbocycles. The number of nitrogens with zero attached hydrogens (tertiary/aromatic N) is 2. The van der Waals surface area contributed by atoms with Gasteiger partial charge in [0.25, 0.3) is 0 Å². The summed E-state index contributed by atoms with van der Waals surface area (Å²) in [5.74, 6) is 1.37. The minimum Gasteiger partial charge on any atom is -0.356 e. The van der Waals surface area contributed by atoms with Gasteiger partial charge in [-0.05, 0) is 43.4 Å². The Kier molecular flexibility index (Phi) is 10.3. The van der Waals surface area contributed by atoms with Crippen LogP contribution in [-0.4, -0.2) is 22.0 Å². The summed E-state index contributed by atoms with van der Waals surface area (Å²) in [4.78, 5) is 17.0. The van der Waals surface area contributed by atoms with Crippen LogP contribution in [0, 0.1) is 0 Å². The van der Waals surface area contributed by atoms with Crippen molar-refractivity contribution < 1.29 is 4.79 Å². The van der Waals surface area contributed by atoms with Gasteiger partial charge in [0.05, 0.1) is 11.0 Å². The van der Waals surface area contributed by atoms with E-state index in [0.717, 1.165) is 50.7 Å². The van der Waals surface area contributed by atoms with E-state index in [1.807, 2.05) is 18.2 Å². The van der Waals surface area contributed by atoms with Crippen LogP contribution in [0.1, 0.15) is 76.1 Å². The molecule has 0 fully saturated rings. The molecule has 0 saturated heterocycles. The molecule has 4 nitrogen and oxygen atoms in total. The molecule has 0 aliphatic heterocycles. The van der Waals surface area contributed by atoms with Crippen LogP contribution < -0.4 is 5.32 Å². The molecule has 1 heterocycles. The highest BCUT2D eigenvalue weighted by atomic mass is 16.1. The second-order valence-corrected chi connectivity index (χ2v) is 8.73. The van der Waals surface area contributed by atoms with Gasteiger partial charge in [-0.3, -0.25) is 4.79 Å². The number of unbranched alkanes of at least 4 members (excludes halogenated alkanes) is 6. The van der Waals surface area contributed by atoms with Crippen molar-refractivity contribution in [2.75, 3.05) is 6.54 Å². The van der Waals surface area contributed by atoms with Gasteiger partial charge in [-0.2, -0.15) is 0 Å². The Morgan fingerprint density at radius 2 is 1.59 bits per heavy atom. The lowest BCUT2D eigenvalue weighted by molar-refractivity contribution is -0.121. The summed E-state index contributed by atoms with van der Waals surface area (Å²) in [5.41, 5.74) is 3.60. The van der Waals surface area contributed by atoms with Gasteiger partial charge >= 0.3 is 0 Å². The molecule has 1 aromatic heterocycles. The summed E-state index contributed by atoms with van der Waals surface area (Å²) in [6.07, 6.45) is 12.1. The van der Waals surface area contributed by atoms with E-state index in [2.05, 4.69) is 53.2 Å². The van der Waals surface area contributed by atoms with Crippen molar-refractivity contribution in [2.24, 2.45) is 0 Å². The van der Waals surface area contributed by atoms with Gasteiger partial charge in [-0.1, -0.05) is 81.5 Å². The number of nitrogens with one attached hydrogen (secondary N) is 1. The zero-order valence-corrected chi connectivity index (χ0v) is 19.7. The highest BCUT2D eigenvalue weighted by molar-refractivity contribution is 5.76. The lowest BCUT2D eigenvalue weighted by atomic mass is 10.1. The predicted octanol–water partition coefficient (Wildman–Crippen LogP) is 6.47. The van der Waals surface area contributed by atoms with Gasteiger partial charge in [0, 0.05) is 25.9 Å². The van der Waals surface area contributed by atoms with Crippen molar-refractivity contribution in [3.63, 3.8) is 0 Å². The number of carbonyl (C=O) groups excluding carboxylic acids is 1. The topological polar surface area (TPSA) is 46.9 Å². The maximum atomic E-state index is 12.1. The summed E-state index contributed by atoms with van der Waals surface area (Å²) in [6.45, 7) is 4.09. The molecule has 1 N–H and O–H groups in total. The number of para-hydroxylation sites is 2. The van der Waals surface area contributed by atoms with Crippen LogP contribution in [0.2, 0.25) is 0 Å². The molecule has 0 saturated carbocycles. The SMILES string of the molecule is CCCCCCCn1c(CCCCCNC(=O)CCc2ccccc2)nc2ccccc21. The van der Waals surface area contributed by atoms with Crippen molar-refractivity contribution >= 4 is 16.9 Å². The van der Waals surface area contributed by atoms with Crippen LogP contribution in [0.15, 0.2) is 54.6 Å². The normalized spacial score (nSPS) is 11.2. The molecule has 3 aromatic rings. The van der Waals surface area contributed by atoms with Gasteiger partial charge in [-0.15, -0.1) is 0 Å². The standard InChI is InChI=1S/C28H39N3O/c1-2-3-4-5-14-23-31-26-18-12-11-17-25(26)30-27(31)19-10-7-13-22-29-28(32)21-20-24-15-8-6-9-16-24/h6,8-9,11-12,15-18H,2-5,7,10,13-14,19-23H2,1H3,(H,29,32). The first-order chi connectivity index (χ1) is 15.8. The van der Waals surface area contributed by atoms with Gasteiger partial charge < -0.3 is 9.88 Å². The van der Waals surface area contributed by atoms with Crippen molar-refractivity contribution in [3.8, 4) is 0 Å². The van der Waals surface area contributed by atoms with Gasteiger partial charge in [0.1, 0.15) is 5.82 Å². The number of hydrogen-bond donors (Lipinski definition) is 1. The van der Waals surface area contributed by atoms with Crippen LogP contribution in [0.5, 0.6) is 0 Å². The number of fused-ring (bicyclic) bond motifs is 1. The predicted molar refractivity (Wildman–Crippen MR) is 134 cm³/mol. The van der Waals surface area contributed by atoms with E-state index in [1.165, 1.54) is 49.0 Å². The maximum Gasteiger partial charge on any atom is 0.220 e. The molecule has 0 aliphatic rings. The summed E-state index contributed by atoms with van der Waals surface area (Å²) in [7, 11) is 0. The maximum absolute atomic E-state index is 12.1. The highest BCUT2D eigenvalue weighted by Gasteiger charge is 2.10. The largest absolute Gasteiger partial charge is 0.356 e. The molecule has 172 valence electrons.